The van der Waals surface area contributed by atoms with Gasteiger partial charge in [0.1, 0.15) is 0 Å². The summed E-state index contributed by atoms with van der Waals surface area (Å²) in [7, 11) is 0. The van der Waals surface area contributed by atoms with Crippen molar-refractivity contribution >= 4 is 16.7 Å². The molecule has 0 aliphatic carbocycles. The highest BCUT2D eigenvalue weighted by Gasteiger charge is 2.05. The molecule has 1 heterocycles. The Kier molecular flexibility index (Phi) is 3.74. The van der Waals surface area contributed by atoms with Crippen LogP contribution in [0.1, 0.15) is 11.1 Å². The van der Waals surface area contributed by atoms with Crippen molar-refractivity contribution in [2.45, 2.75) is 13.5 Å². The molecule has 1 aromatic heterocycles. The number of nitrogens with one attached hydrogen (secondary N) is 1. The van der Waals surface area contributed by atoms with Crippen LogP contribution in [0.5, 0.6) is 0 Å². The van der Waals surface area contributed by atoms with Crippen LogP contribution in [0.3, 0.4) is 0 Å². The van der Waals surface area contributed by atoms with Gasteiger partial charge in [0.05, 0.1) is 0 Å². The van der Waals surface area contributed by atoms with Crippen LogP contribution in [-0.4, -0.2) is 9.36 Å². The molecule has 0 unspecified atom stereocenters. The third-order valence-electron chi connectivity index (χ3n) is 3.02. The number of rotatable bonds is 4. The Morgan fingerprint density at radius 1 is 1.00 bits per heavy atom. The summed E-state index contributed by atoms with van der Waals surface area (Å²) in [6, 6.07) is 18.5. The maximum atomic E-state index is 4.51. The first kappa shape index (κ1) is 12.8. The molecule has 0 saturated carbocycles. The lowest BCUT2D eigenvalue weighted by Gasteiger charge is -2.02. The molecule has 1 N–H and O–H groups in total. The fraction of sp³-hybridized carbons (Fsp3) is 0.125. The normalized spacial score (nSPS) is 10.4. The van der Waals surface area contributed by atoms with E-state index >= 15 is 0 Å². The third kappa shape index (κ3) is 3.03. The molecule has 0 aliphatic rings. The monoisotopic (exact) mass is 281 g/mol. The molecule has 0 fully saturated rings. The van der Waals surface area contributed by atoms with Gasteiger partial charge in [-0.2, -0.15) is 9.36 Å². The average Bonchev–Trinajstić information content (AvgIpc) is 2.97. The Morgan fingerprint density at radius 3 is 2.50 bits per heavy atom. The van der Waals surface area contributed by atoms with Crippen molar-refractivity contribution in [3.05, 3.63) is 65.7 Å². The molecule has 0 radical (unpaired) electrons. The fourth-order valence-corrected chi connectivity index (χ4v) is 2.47. The zero-order valence-electron chi connectivity index (χ0n) is 11.2. The van der Waals surface area contributed by atoms with Gasteiger partial charge in [-0.05, 0) is 12.5 Å². The van der Waals surface area contributed by atoms with Crippen LogP contribution < -0.4 is 5.32 Å². The quantitative estimate of drug-likeness (QED) is 0.781. The minimum absolute atomic E-state index is 0.768. The van der Waals surface area contributed by atoms with E-state index in [1.165, 1.54) is 22.7 Å². The van der Waals surface area contributed by atoms with E-state index in [0.717, 1.165) is 23.1 Å². The van der Waals surface area contributed by atoms with Gasteiger partial charge in [0, 0.05) is 23.6 Å². The lowest BCUT2D eigenvalue weighted by molar-refractivity contribution is 1.13. The number of nitrogens with zero attached hydrogens (tertiary/aromatic N) is 2. The first-order valence-electron chi connectivity index (χ1n) is 6.50. The first-order valence-corrected chi connectivity index (χ1v) is 7.27. The van der Waals surface area contributed by atoms with Crippen LogP contribution in [-0.2, 0) is 6.54 Å². The van der Waals surface area contributed by atoms with Crippen LogP contribution in [0.4, 0.5) is 5.13 Å². The van der Waals surface area contributed by atoms with E-state index in [-0.39, 0.29) is 0 Å². The number of hydrogen-bond donors (Lipinski definition) is 1. The topological polar surface area (TPSA) is 37.8 Å². The van der Waals surface area contributed by atoms with Gasteiger partial charge in [0.2, 0.25) is 5.13 Å². The molecule has 3 aromatic rings. The number of benzene rings is 2. The summed E-state index contributed by atoms with van der Waals surface area (Å²) in [5, 5.41) is 4.17. The van der Waals surface area contributed by atoms with E-state index in [4.69, 9.17) is 0 Å². The van der Waals surface area contributed by atoms with Crippen molar-refractivity contribution in [3.63, 3.8) is 0 Å². The van der Waals surface area contributed by atoms with E-state index in [9.17, 15) is 0 Å². The zero-order valence-corrected chi connectivity index (χ0v) is 12.0. The molecule has 0 spiro atoms. The van der Waals surface area contributed by atoms with Crippen molar-refractivity contribution in [1.82, 2.24) is 9.36 Å². The Bertz CT molecular complexity index is 674. The standard InChI is InChI=1S/C16H15N3S/c1-12-7-9-13(10-8-12)11-17-16-18-15(19-20-16)14-5-3-2-4-6-14/h2-10H,11H2,1H3,(H,17,18,19). The highest BCUT2D eigenvalue weighted by atomic mass is 32.1. The van der Waals surface area contributed by atoms with Gasteiger partial charge in [0.25, 0.3) is 0 Å². The van der Waals surface area contributed by atoms with Gasteiger partial charge in [0.15, 0.2) is 5.82 Å². The van der Waals surface area contributed by atoms with Gasteiger partial charge in [-0.3, -0.25) is 0 Å². The summed E-state index contributed by atoms with van der Waals surface area (Å²) in [6.45, 7) is 2.86. The summed E-state index contributed by atoms with van der Waals surface area (Å²) in [5.74, 6) is 0.780. The Morgan fingerprint density at radius 2 is 1.75 bits per heavy atom. The molecule has 0 aliphatic heterocycles. The summed E-state index contributed by atoms with van der Waals surface area (Å²) in [5.41, 5.74) is 3.57. The second kappa shape index (κ2) is 5.84. The number of anilines is 1. The predicted octanol–water partition coefficient (Wildman–Crippen LogP) is 4.13. The second-order valence-corrected chi connectivity index (χ2v) is 5.38. The number of aryl methyl sites for hydroxylation is 1. The highest BCUT2D eigenvalue weighted by Crippen LogP contribution is 2.21. The molecule has 2 aromatic carbocycles. The Hall–Kier alpha value is -2.20. The summed E-state index contributed by atoms with van der Waals surface area (Å²) in [4.78, 5) is 4.51. The van der Waals surface area contributed by atoms with E-state index in [1.807, 2.05) is 30.3 Å². The molecule has 3 rings (SSSR count). The molecule has 100 valence electrons. The van der Waals surface area contributed by atoms with Gasteiger partial charge < -0.3 is 5.32 Å². The van der Waals surface area contributed by atoms with E-state index in [1.54, 1.807) is 0 Å². The van der Waals surface area contributed by atoms with Crippen molar-refractivity contribution in [2.24, 2.45) is 0 Å². The molecular formula is C16H15N3S. The van der Waals surface area contributed by atoms with Crippen molar-refractivity contribution < 1.29 is 0 Å². The molecule has 0 saturated heterocycles. The van der Waals surface area contributed by atoms with Gasteiger partial charge in [-0.15, -0.1) is 0 Å². The maximum absolute atomic E-state index is 4.51. The molecule has 0 bridgehead atoms. The van der Waals surface area contributed by atoms with Crippen LogP contribution in [0.15, 0.2) is 54.6 Å². The fourth-order valence-electron chi connectivity index (χ4n) is 1.88. The van der Waals surface area contributed by atoms with Crippen LogP contribution in [0.2, 0.25) is 0 Å². The summed E-state index contributed by atoms with van der Waals surface area (Å²) >= 11 is 1.39. The lowest BCUT2D eigenvalue weighted by Crippen LogP contribution is -1.98. The first-order chi connectivity index (χ1) is 9.81. The van der Waals surface area contributed by atoms with E-state index in [0.29, 0.717) is 0 Å². The molecule has 3 nitrogen and oxygen atoms in total. The van der Waals surface area contributed by atoms with Crippen LogP contribution in [0, 0.1) is 6.92 Å². The Labute approximate surface area is 122 Å². The minimum atomic E-state index is 0.768. The third-order valence-corrected chi connectivity index (χ3v) is 3.70. The molecule has 4 heteroatoms. The minimum Gasteiger partial charge on any atom is -0.356 e. The Balaban J connectivity index is 1.67. The molecule has 0 amide bonds. The zero-order chi connectivity index (χ0) is 13.8. The predicted molar refractivity (Wildman–Crippen MR) is 83.9 cm³/mol. The van der Waals surface area contributed by atoms with Gasteiger partial charge >= 0.3 is 0 Å². The highest BCUT2D eigenvalue weighted by molar-refractivity contribution is 7.09. The van der Waals surface area contributed by atoms with E-state index in [2.05, 4.69) is 45.9 Å². The van der Waals surface area contributed by atoms with E-state index < -0.39 is 0 Å². The number of aromatic nitrogens is 2. The van der Waals surface area contributed by atoms with Crippen molar-refractivity contribution in [3.8, 4) is 11.4 Å². The summed E-state index contributed by atoms with van der Waals surface area (Å²) < 4.78 is 4.38. The van der Waals surface area contributed by atoms with Crippen LogP contribution >= 0.6 is 11.5 Å². The second-order valence-electron chi connectivity index (χ2n) is 4.63. The smallest absolute Gasteiger partial charge is 0.203 e. The maximum Gasteiger partial charge on any atom is 0.203 e. The average molecular weight is 281 g/mol. The van der Waals surface area contributed by atoms with Crippen molar-refractivity contribution in [2.75, 3.05) is 5.32 Å². The summed E-state index contributed by atoms with van der Waals surface area (Å²) in [6.07, 6.45) is 0. The lowest BCUT2D eigenvalue weighted by atomic mass is 10.1. The largest absolute Gasteiger partial charge is 0.356 e. The van der Waals surface area contributed by atoms with Crippen LogP contribution in [0.25, 0.3) is 11.4 Å². The van der Waals surface area contributed by atoms with Gasteiger partial charge in [-0.1, -0.05) is 60.2 Å². The SMILES string of the molecule is Cc1ccc(CNc2nc(-c3ccccc3)ns2)cc1. The molecule has 20 heavy (non-hydrogen) atoms. The number of hydrogen-bond acceptors (Lipinski definition) is 4. The molecule has 0 atom stereocenters. The van der Waals surface area contributed by atoms with Crippen molar-refractivity contribution in [1.29, 1.82) is 0 Å². The molecular weight excluding hydrogens is 266 g/mol. The van der Waals surface area contributed by atoms with Gasteiger partial charge in [-0.25, -0.2) is 0 Å².